The third-order valence-electron chi connectivity index (χ3n) is 3.64. The first kappa shape index (κ1) is 13.0. The van der Waals surface area contributed by atoms with Crippen LogP contribution >= 0.6 is 0 Å². The molecule has 0 radical (unpaired) electrons. The van der Waals surface area contributed by atoms with Gasteiger partial charge in [-0.1, -0.05) is 39.5 Å². The lowest BCUT2D eigenvalue weighted by atomic mass is 9.83. The molecule has 1 heterocycles. The van der Waals surface area contributed by atoms with Crippen LogP contribution in [0.5, 0.6) is 0 Å². The molecule has 2 heteroatoms. The summed E-state index contributed by atoms with van der Waals surface area (Å²) in [6, 6.07) is 0.357. The fraction of sp³-hybridized carbons (Fsp3) is 1.00. The van der Waals surface area contributed by atoms with Gasteiger partial charge in [-0.25, -0.2) is 0 Å². The van der Waals surface area contributed by atoms with E-state index < -0.39 is 5.60 Å². The standard InChI is InChI=1S/C13H27NO/c1-3-5-9-13(15,10-6-4-2)12-8-7-11-14-12/h12,14-15H,3-11H2,1-2H3/t12-/m1/s1. The summed E-state index contributed by atoms with van der Waals surface area (Å²) in [5.74, 6) is 0. The summed E-state index contributed by atoms with van der Waals surface area (Å²) in [5.41, 5.74) is -0.428. The summed E-state index contributed by atoms with van der Waals surface area (Å²) >= 11 is 0. The van der Waals surface area contributed by atoms with Crippen molar-refractivity contribution in [2.45, 2.75) is 76.9 Å². The molecule has 0 spiro atoms. The van der Waals surface area contributed by atoms with Crippen molar-refractivity contribution in [3.8, 4) is 0 Å². The largest absolute Gasteiger partial charge is 0.388 e. The predicted molar refractivity (Wildman–Crippen MR) is 65.0 cm³/mol. The molecule has 1 aliphatic heterocycles. The first-order chi connectivity index (χ1) is 7.23. The minimum absolute atomic E-state index is 0.357. The molecule has 0 aromatic rings. The van der Waals surface area contributed by atoms with Crippen molar-refractivity contribution in [3.63, 3.8) is 0 Å². The third-order valence-corrected chi connectivity index (χ3v) is 3.64. The summed E-state index contributed by atoms with van der Waals surface area (Å²) in [4.78, 5) is 0. The van der Waals surface area contributed by atoms with Gasteiger partial charge in [-0.3, -0.25) is 0 Å². The zero-order valence-electron chi connectivity index (χ0n) is 10.4. The molecule has 0 bridgehead atoms. The topological polar surface area (TPSA) is 32.3 Å². The van der Waals surface area contributed by atoms with Gasteiger partial charge in [-0.15, -0.1) is 0 Å². The van der Waals surface area contributed by atoms with Gasteiger partial charge in [-0.2, -0.15) is 0 Å². The lowest BCUT2D eigenvalue weighted by molar-refractivity contribution is -0.0122. The van der Waals surface area contributed by atoms with Crippen molar-refractivity contribution in [1.82, 2.24) is 5.32 Å². The van der Waals surface area contributed by atoms with Crippen LogP contribution in [0.15, 0.2) is 0 Å². The average molecular weight is 213 g/mol. The molecule has 2 N–H and O–H groups in total. The molecule has 1 rings (SSSR count). The SMILES string of the molecule is CCCCC(O)(CCCC)[C@H]1CCCN1. The van der Waals surface area contributed by atoms with Crippen LogP contribution in [0.25, 0.3) is 0 Å². The molecule has 1 atom stereocenters. The summed E-state index contributed by atoms with van der Waals surface area (Å²) in [7, 11) is 0. The highest BCUT2D eigenvalue weighted by molar-refractivity contribution is 4.94. The van der Waals surface area contributed by atoms with Gasteiger partial charge in [0.05, 0.1) is 5.60 Å². The molecule has 2 nitrogen and oxygen atoms in total. The highest BCUT2D eigenvalue weighted by Crippen LogP contribution is 2.29. The van der Waals surface area contributed by atoms with Crippen LogP contribution < -0.4 is 5.32 Å². The molecule has 0 unspecified atom stereocenters. The average Bonchev–Trinajstić information content (AvgIpc) is 2.77. The van der Waals surface area contributed by atoms with Crippen molar-refractivity contribution < 1.29 is 5.11 Å². The molecule has 0 saturated carbocycles. The molecular formula is C13H27NO. The first-order valence-electron chi connectivity index (χ1n) is 6.68. The monoisotopic (exact) mass is 213 g/mol. The Labute approximate surface area is 94.5 Å². The maximum atomic E-state index is 10.7. The van der Waals surface area contributed by atoms with Crippen molar-refractivity contribution in [1.29, 1.82) is 0 Å². The number of aliphatic hydroxyl groups is 1. The van der Waals surface area contributed by atoms with Gasteiger partial charge in [0.25, 0.3) is 0 Å². The normalized spacial score (nSPS) is 22.2. The van der Waals surface area contributed by atoms with E-state index in [-0.39, 0.29) is 0 Å². The third kappa shape index (κ3) is 3.76. The molecule has 90 valence electrons. The molecule has 15 heavy (non-hydrogen) atoms. The van der Waals surface area contributed by atoms with E-state index in [2.05, 4.69) is 19.2 Å². The Bertz CT molecular complexity index is 156. The summed E-state index contributed by atoms with van der Waals surface area (Å²) in [6.45, 7) is 5.48. The second kappa shape index (κ2) is 6.49. The molecule has 0 aromatic heterocycles. The lowest BCUT2D eigenvalue weighted by Crippen LogP contribution is -2.47. The lowest BCUT2D eigenvalue weighted by Gasteiger charge is -2.34. The zero-order valence-corrected chi connectivity index (χ0v) is 10.4. The van der Waals surface area contributed by atoms with Crippen molar-refractivity contribution in [3.05, 3.63) is 0 Å². The number of nitrogens with one attached hydrogen (secondary N) is 1. The quantitative estimate of drug-likeness (QED) is 0.681. The van der Waals surface area contributed by atoms with Crippen LogP contribution in [0, 0.1) is 0 Å². The minimum atomic E-state index is -0.428. The molecular weight excluding hydrogens is 186 g/mol. The molecule has 1 saturated heterocycles. The maximum Gasteiger partial charge on any atom is 0.0800 e. The number of hydrogen-bond donors (Lipinski definition) is 2. The first-order valence-corrected chi connectivity index (χ1v) is 6.68. The van der Waals surface area contributed by atoms with E-state index in [0.29, 0.717) is 6.04 Å². The van der Waals surface area contributed by atoms with Crippen molar-refractivity contribution in [2.24, 2.45) is 0 Å². The maximum absolute atomic E-state index is 10.7. The highest BCUT2D eigenvalue weighted by atomic mass is 16.3. The van der Waals surface area contributed by atoms with Crippen LogP contribution in [0.1, 0.15) is 65.2 Å². The van der Waals surface area contributed by atoms with Gasteiger partial charge in [0.15, 0.2) is 0 Å². The van der Waals surface area contributed by atoms with Gasteiger partial charge in [-0.05, 0) is 32.2 Å². The molecule has 1 aliphatic rings. The molecule has 0 aliphatic carbocycles. The second-order valence-electron chi connectivity index (χ2n) is 4.96. The Kier molecular flexibility index (Phi) is 5.62. The van der Waals surface area contributed by atoms with Gasteiger partial charge >= 0.3 is 0 Å². The van der Waals surface area contributed by atoms with E-state index in [4.69, 9.17) is 0 Å². The molecule has 1 fully saturated rings. The van der Waals surface area contributed by atoms with Gasteiger partial charge in [0.1, 0.15) is 0 Å². The van der Waals surface area contributed by atoms with Crippen molar-refractivity contribution in [2.75, 3.05) is 6.54 Å². The van der Waals surface area contributed by atoms with E-state index in [1.807, 2.05) is 0 Å². The van der Waals surface area contributed by atoms with Crippen LogP contribution in [0.2, 0.25) is 0 Å². The van der Waals surface area contributed by atoms with E-state index in [1.54, 1.807) is 0 Å². The smallest absolute Gasteiger partial charge is 0.0800 e. The highest BCUT2D eigenvalue weighted by Gasteiger charge is 2.36. The number of rotatable bonds is 7. The Hall–Kier alpha value is -0.0800. The number of hydrogen-bond acceptors (Lipinski definition) is 2. The van der Waals surface area contributed by atoms with Gasteiger partial charge < -0.3 is 10.4 Å². The van der Waals surface area contributed by atoms with Crippen LogP contribution in [-0.2, 0) is 0 Å². The summed E-state index contributed by atoms with van der Waals surface area (Å²) in [6.07, 6.45) is 9.00. The Morgan fingerprint density at radius 1 is 1.20 bits per heavy atom. The van der Waals surface area contributed by atoms with E-state index in [0.717, 1.165) is 38.6 Å². The zero-order chi connectivity index (χ0) is 11.1. The molecule has 0 amide bonds. The Morgan fingerprint density at radius 2 is 1.80 bits per heavy atom. The predicted octanol–water partition coefficient (Wildman–Crippen LogP) is 2.85. The number of unbranched alkanes of at least 4 members (excludes halogenated alkanes) is 2. The van der Waals surface area contributed by atoms with Crippen molar-refractivity contribution >= 4 is 0 Å². The summed E-state index contributed by atoms with van der Waals surface area (Å²) in [5, 5.41) is 14.2. The fourth-order valence-corrected chi connectivity index (χ4v) is 2.58. The summed E-state index contributed by atoms with van der Waals surface area (Å²) < 4.78 is 0. The van der Waals surface area contributed by atoms with E-state index in [1.165, 1.54) is 19.3 Å². The van der Waals surface area contributed by atoms with E-state index >= 15 is 0 Å². The Balaban J connectivity index is 2.48. The Morgan fingerprint density at radius 3 is 2.20 bits per heavy atom. The van der Waals surface area contributed by atoms with Crippen LogP contribution in [0.4, 0.5) is 0 Å². The second-order valence-corrected chi connectivity index (χ2v) is 4.96. The van der Waals surface area contributed by atoms with Gasteiger partial charge in [0, 0.05) is 6.04 Å². The minimum Gasteiger partial charge on any atom is -0.388 e. The molecule has 0 aromatic carbocycles. The van der Waals surface area contributed by atoms with Crippen LogP contribution in [0.3, 0.4) is 0 Å². The van der Waals surface area contributed by atoms with Crippen LogP contribution in [-0.4, -0.2) is 23.3 Å². The fourth-order valence-electron chi connectivity index (χ4n) is 2.58. The van der Waals surface area contributed by atoms with E-state index in [9.17, 15) is 5.11 Å². The van der Waals surface area contributed by atoms with Gasteiger partial charge in [0.2, 0.25) is 0 Å².